The first-order chi connectivity index (χ1) is 13.6. The lowest BCUT2D eigenvalue weighted by Crippen LogP contribution is -2.61. The number of nitrogens with zero attached hydrogens (tertiary/aromatic N) is 1. The molecule has 1 aromatic rings. The van der Waals surface area contributed by atoms with Crippen LogP contribution in [0, 0.1) is 5.92 Å². The summed E-state index contributed by atoms with van der Waals surface area (Å²) in [5, 5.41) is 0. The highest BCUT2D eigenvalue weighted by molar-refractivity contribution is 5.90. The Hall–Kier alpha value is -1.75. The molecule has 2 aliphatic rings. The van der Waals surface area contributed by atoms with Crippen LogP contribution in [0.2, 0.25) is 0 Å². The molecule has 28 heavy (non-hydrogen) atoms. The van der Waals surface area contributed by atoms with Crippen molar-refractivity contribution in [3.63, 3.8) is 0 Å². The van der Waals surface area contributed by atoms with E-state index in [9.17, 15) is 4.79 Å². The van der Waals surface area contributed by atoms with Crippen LogP contribution in [0.15, 0.2) is 18.2 Å². The van der Waals surface area contributed by atoms with E-state index in [1.165, 1.54) is 49.7 Å². The van der Waals surface area contributed by atoms with Crippen LogP contribution in [0.5, 0.6) is 11.5 Å². The van der Waals surface area contributed by atoms with E-state index >= 15 is 0 Å². The van der Waals surface area contributed by atoms with Gasteiger partial charge in [0, 0.05) is 12.3 Å². The molecule has 5 nitrogen and oxygen atoms in total. The normalized spacial score (nSPS) is 27.0. The van der Waals surface area contributed by atoms with Crippen LogP contribution >= 0.6 is 0 Å². The highest BCUT2D eigenvalue weighted by Gasteiger charge is 2.43. The zero-order valence-electron chi connectivity index (χ0n) is 17.7. The van der Waals surface area contributed by atoms with Crippen molar-refractivity contribution in [2.24, 2.45) is 5.92 Å². The number of hydrogen-bond donors (Lipinski definition) is 0. The van der Waals surface area contributed by atoms with Crippen LogP contribution in [-0.2, 0) is 4.74 Å². The topological polar surface area (TPSA) is 44.8 Å². The molecule has 5 heteroatoms. The van der Waals surface area contributed by atoms with Gasteiger partial charge in [-0.05, 0) is 50.3 Å². The van der Waals surface area contributed by atoms with Crippen LogP contribution in [0.1, 0.15) is 62.2 Å². The molecule has 2 fully saturated rings. The third kappa shape index (κ3) is 4.80. The molecule has 3 rings (SSSR count). The smallest absolute Gasteiger partial charge is 0.338 e. The van der Waals surface area contributed by atoms with Crippen LogP contribution in [0.3, 0.4) is 0 Å². The first kappa shape index (κ1) is 21.0. The summed E-state index contributed by atoms with van der Waals surface area (Å²) in [6.45, 7) is 5.84. The Morgan fingerprint density at radius 1 is 1.14 bits per heavy atom. The third-order valence-electron chi connectivity index (χ3n) is 6.59. The molecule has 2 heterocycles. The summed E-state index contributed by atoms with van der Waals surface area (Å²) in [7, 11) is 3.99. The van der Waals surface area contributed by atoms with E-state index in [1.807, 2.05) is 0 Å². The number of methoxy groups -OCH3 is 1. The predicted octanol–water partition coefficient (Wildman–Crippen LogP) is 4.44. The Kier molecular flexibility index (Phi) is 7.22. The van der Waals surface area contributed by atoms with E-state index in [1.54, 1.807) is 25.3 Å². The largest absolute Gasteiger partial charge is 0.493 e. The predicted molar refractivity (Wildman–Crippen MR) is 110 cm³/mol. The van der Waals surface area contributed by atoms with Crippen molar-refractivity contribution in [3.8, 4) is 11.5 Å². The number of unbranched alkanes of at least 4 members (excludes halogenated alkanes) is 1. The number of fused-ring (bicyclic) bond motifs is 1. The fourth-order valence-corrected chi connectivity index (χ4v) is 4.93. The summed E-state index contributed by atoms with van der Waals surface area (Å²) in [5.41, 5.74) is 0.524. The van der Waals surface area contributed by atoms with E-state index in [0.29, 0.717) is 42.2 Å². The molecule has 0 N–H and O–H groups in total. The molecule has 0 saturated carbocycles. The van der Waals surface area contributed by atoms with E-state index in [0.717, 1.165) is 12.8 Å². The first-order valence-electron chi connectivity index (χ1n) is 10.9. The van der Waals surface area contributed by atoms with Crippen LogP contribution in [0.4, 0.5) is 0 Å². The molecule has 2 saturated heterocycles. The zero-order chi connectivity index (χ0) is 20.0. The van der Waals surface area contributed by atoms with E-state index in [2.05, 4.69) is 14.0 Å². The Labute approximate surface area is 169 Å². The van der Waals surface area contributed by atoms with Crippen molar-refractivity contribution in [2.75, 3.05) is 40.5 Å². The van der Waals surface area contributed by atoms with Gasteiger partial charge in [-0.1, -0.05) is 13.3 Å². The second kappa shape index (κ2) is 9.64. The van der Waals surface area contributed by atoms with Crippen molar-refractivity contribution >= 4 is 5.97 Å². The maximum absolute atomic E-state index is 12.6. The van der Waals surface area contributed by atoms with Gasteiger partial charge in [-0.15, -0.1) is 0 Å². The van der Waals surface area contributed by atoms with Gasteiger partial charge in [0.15, 0.2) is 11.5 Å². The number of carbonyl (C=O) groups is 1. The number of benzene rings is 1. The van der Waals surface area contributed by atoms with Gasteiger partial charge in [0.1, 0.15) is 6.61 Å². The van der Waals surface area contributed by atoms with Gasteiger partial charge < -0.3 is 18.7 Å². The number of quaternary nitrogens is 1. The lowest BCUT2D eigenvalue weighted by Gasteiger charge is -2.51. The lowest BCUT2D eigenvalue weighted by atomic mass is 9.82. The van der Waals surface area contributed by atoms with E-state index in [-0.39, 0.29) is 5.97 Å². The standard InChI is InChI=1S/C23H36NO4/c1-4-5-15-27-21-12-11-18(16-22(21)26-3)23(25)28-17-19-9-8-14-24(2)13-7-6-10-20(19)24/h11-12,16,19-20H,4-10,13-15,17H2,1-3H3/q+1/t19-,20+,24-/m1/s1. The zero-order valence-corrected chi connectivity index (χ0v) is 17.7. The molecule has 2 aliphatic heterocycles. The Morgan fingerprint density at radius 2 is 1.96 bits per heavy atom. The van der Waals surface area contributed by atoms with Gasteiger partial charge >= 0.3 is 5.97 Å². The summed E-state index contributed by atoms with van der Waals surface area (Å²) in [6.07, 6.45) is 8.35. The number of rotatable bonds is 8. The first-order valence-corrected chi connectivity index (χ1v) is 10.9. The number of carbonyl (C=O) groups excluding carboxylic acids is 1. The molecule has 156 valence electrons. The molecule has 0 radical (unpaired) electrons. The van der Waals surface area contributed by atoms with Crippen molar-refractivity contribution in [3.05, 3.63) is 23.8 Å². The fraction of sp³-hybridized carbons (Fsp3) is 0.696. The van der Waals surface area contributed by atoms with Gasteiger partial charge in [0.2, 0.25) is 0 Å². The second-order valence-electron chi connectivity index (χ2n) is 8.56. The summed E-state index contributed by atoms with van der Waals surface area (Å²) in [6, 6.07) is 5.94. The molecule has 0 aliphatic carbocycles. The van der Waals surface area contributed by atoms with Crippen molar-refractivity contribution < 1.29 is 23.5 Å². The Morgan fingerprint density at radius 3 is 2.75 bits per heavy atom. The number of ether oxygens (including phenoxy) is 3. The SMILES string of the molecule is CCCCOc1ccc(C(=O)OC[C@H]2CCC[N@@+]3(C)CCCC[C@@H]23)cc1OC. The second-order valence-corrected chi connectivity index (χ2v) is 8.56. The fourth-order valence-electron chi connectivity index (χ4n) is 4.93. The minimum atomic E-state index is -0.269. The quantitative estimate of drug-likeness (QED) is 0.374. The van der Waals surface area contributed by atoms with E-state index in [4.69, 9.17) is 14.2 Å². The highest BCUT2D eigenvalue weighted by Crippen LogP contribution is 2.36. The number of hydrogen-bond acceptors (Lipinski definition) is 4. The monoisotopic (exact) mass is 390 g/mol. The number of esters is 1. The average Bonchev–Trinajstić information content (AvgIpc) is 2.71. The van der Waals surface area contributed by atoms with Crippen LogP contribution < -0.4 is 9.47 Å². The van der Waals surface area contributed by atoms with Gasteiger partial charge in [0.25, 0.3) is 0 Å². The molecule has 0 bridgehead atoms. The molecule has 0 aromatic heterocycles. The van der Waals surface area contributed by atoms with Gasteiger partial charge in [0.05, 0.1) is 45.5 Å². The van der Waals surface area contributed by atoms with Crippen molar-refractivity contribution in [1.82, 2.24) is 0 Å². The molecule has 3 atom stereocenters. The van der Waals surface area contributed by atoms with Crippen LogP contribution in [-0.4, -0.2) is 57.0 Å². The van der Waals surface area contributed by atoms with Gasteiger partial charge in [-0.2, -0.15) is 0 Å². The van der Waals surface area contributed by atoms with Gasteiger partial charge in [-0.25, -0.2) is 4.79 Å². The maximum atomic E-state index is 12.6. The summed E-state index contributed by atoms with van der Waals surface area (Å²) >= 11 is 0. The highest BCUT2D eigenvalue weighted by atomic mass is 16.5. The summed E-state index contributed by atoms with van der Waals surface area (Å²) in [4.78, 5) is 12.6. The van der Waals surface area contributed by atoms with Gasteiger partial charge in [-0.3, -0.25) is 0 Å². The van der Waals surface area contributed by atoms with E-state index < -0.39 is 0 Å². The number of piperidine rings is 2. The Balaban J connectivity index is 1.59. The minimum absolute atomic E-state index is 0.269. The summed E-state index contributed by atoms with van der Waals surface area (Å²) < 4.78 is 18.1. The maximum Gasteiger partial charge on any atom is 0.338 e. The van der Waals surface area contributed by atoms with Crippen molar-refractivity contribution in [2.45, 2.75) is 57.9 Å². The lowest BCUT2D eigenvalue weighted by molar-refractivity contribution is -0.947. The van der Waals surface area contributed by atoms with Crippen molar-refractivity contribution in [1.29, 1.82) is 0 Å². The average molecular weight is 391 g/mol. The molecule has 0 amide bonds. The van der Waals surface area contributed by atoms with Crippen LogP contribution in [0.25, 0.3) is 0 Å². The third-order valence-corrected chi connectivity index (χ3v) is 6.59. The minimum Gasteiger partial charge on any atom is -0.493 e. The molecule has 1 aromatic carbocycles. The molecule has 0 unspecified atom stereocenters. The Bertz CT molecular complexity index is 658. The summed E-state index contributed by atoms with van der Waals surface area (Å²) in [5.74, 6) is 1.46. The molecular formula is C23H36NO4+. The molecule has 0 spiro atoms. The molecular weight excluding hydrogens is 354 g/mol.